The monoisotopic (exact) mass is 484 g/mol. The number of ether oxygens (including phenoxy) is 3. The minimum absolute atomic E-state index is 0.0834. The number of aliphatic hydroxyl groups excluding tert-OH is 1. The van der Waals surface area contributed by atoms with Crippen LogP contribution in [0.2, 0.25) is 0 Å². The molecular weight excluding hydrogens is 452 g/mol. The van der Waals surface area contributed by atoms with E-state index < -0.39 is 23.8 Å². The Bertz CT molecular complexity index is 1120. The van der Waals surface area contributed by atoms with Crippen molar-refractivity contribution in [2.24, 2.45) is 4.99 Å². The molecule has 1 aromatic rings. The highest BCUT2D eigenvalue weighted by Crippen LogP contribution is 2.40. The number of benzene rings is 1. The van der Waals surface area contributed by atoms with Gasteiger partial charge in [0, 0.05) is 17.6 Å². The highest BCUT2D eigenvalue weighted by Gasteiger charge is 2.37. The molecule has 2 N–H and O–H groups in total. The Morgan fingerprint density at radius 3 is 2.31 bits per heavy atom. The van der Waals surface area contributed by atoms with Gasteiger partial charge in [-0.15, -0.1) is 0 Å². The second kappa shape index (κ2) is 12.0. The molecule has 1 aromatic carbocycles. The third kappa shape index (κ3) is 6.59. The summed E-state index contributed by atoms with van der Waals surface area (Å²) in [7, 11) is 1.27. The molecular formula is C26H32N2O7. The third-order valence-electron chi connectivity index (χ3n) is 5.16. The number of nitrogens with one attached hydrogen (secondary N) is 1. The Morgan fingerprint density at radius 1 is 1.14 bits per heavy atom. The summed E-state index contributed by atoms with van der Waals surface area (Å²) < 4.78 is 15.4. The molecule has 0 saturated heterocycles. The molecule has 0 saturated carbocycles. The Labute approximate surface area is 205 Å². The first-order chi connectivity index (χ1) is 16.5. The van der Waals surface area contributed by atoms with Crippen LogP contribution in [-0.2, 0) is 28.6 Å². The summed E-state index contributed by atoms with van der Waals surface area (Å²) >= 11 is 0. The number of methoxy groups -OCH3 is 1. The number of allylic oxidation sites excluding steroid dienone is 3. The average Bonchev–Trinajstić information content (AvgIpc) is 2.77. The molecule has 0 bridgehead atoms. The maximum atomic E-state index is 12.9. The summed E-state index contributed by atoms with van der Waals surface area (Å²) in [5.74, 6) is -2.83. The number of carbonyl (C=O) groups is 3. The molecule has 9 heteroatoms. The van der Waals surface area contributed by atoms with Crippen molar-refractivity contribution in [2.75, 3.05) is 13.7 Å². The predicted octanol–water partition coefficient (Wildman–Crippen LogP) is 4.14. The first-order valence-electron chi connectivity index (χ1n) is 11.2. The highest BCUT2D eigenvalue weighted by atomic mass is 16.5. The molecule has 1 aliphatic rings. The van der Waals surface area contributed by atoms with Crippen LogP contribution in [0, 0.1) is 0 Å². The minimum atomic E-state index is -0.765. The summed E-state index contributed by atoms with van der Waals surface area (Å²) in [4.78, 5) is 42.2. The molecule has 0 fully saturated rings. The largest absolute Gasteiger partial charge is 0.512 e. The van der Waals surface area contributed by atoms with Gasteiger partial charge in [-0.1, -0.05) is 12.1 Å². The lowest BCUT2D eigenvalue weighted by atomic mass is 9.80. The normalized spacial score (nSPS) is 16.7. The first kappa shape index (κ1) is 27.4. The van der Waals surface area contributed by atoms with E-state index in [2.05, 4.69) is 10.3 Å². The van der Waals surface area contributed by atoms with Crippen LogP contribution in [0.4, 0.5) is 5.69 Å². The lowest BCUT2D eigenvalue weighted by molar-refractivity contribution is -0.142. The molecule has 0 aromatic heterocycles. The zero-order valence-corrected chi connectivity index (χ0v) is 21.1. The minimum Gasteiger partial charge on any atom is -0.512 e. The van der Waals surface area contributed by atoms with Gasteiger partial charge in [0.2, 0.25) is 0 Å². The smallest absolute Gasteiger partial charge is 0.343 e. The predicted molar refractivity (Wildman–Crippen MR) is 131 cm³/mol. The molecule has 0 amide bonds. The summed E-state index contributed by atoms with van der Waals surface area (Å²) in [6, 6.07) is 6.86. The van der Waals surface area contributed by atoms with E-state index in [0.717, 1.165) is 0 Å². The summed E-state index contributed by atoms with van der Waals surface area (Å²) in [5.41, 5.74) is 2.61. The molecule has 0 radical (unpaired) electrons. The van der Waals surface area contributed by atoms with Gasteiger partial charge in [-0.05, 0) is 59.2 Å². The first-order valence-corrected chi connectivity index (χ1v) is 11.2. The van der Waals surface area contributed by atoms with Crippen LogP contribution in [0.25, 0.3) is 0 Å². The number of carbonyl (C=O) groups excluding carboxylic acids is 3. The van der Waals surface area contributed by atoms with Crippen LogP contribution in [0.5, 0.6) is 0 Å². The second-order valence-corrected chi connectivity index (χ2v) is 8.15. The number of aliphatic hydroxyl groups is 1. The summed E-state index contributed by atoms with van der Waals surface area (Å²) in [5, 5.41) is 13.0. The Kier molecular flexibility index (Phi) is 9.39. The molecule has 1 heterocycles. The second-order valence-electron chi connectivity index (χ2n) is 8.15. The molecule has 35 heavy (non-hydrogen) atoms. The third-order valence-corrected chi connectivity index (χ3v) is 5.16. The Balaban J connectivity index is 2.58. The highest BCUT2D eigenvalue weighted by molar-refractivity contribution is 6.10. The average molecular weight is 485 g/mol. The van der Waals surface area contributed by atoms with E-state index in [-0.39, 0.29) is 35.2 Å². The van der Waals surface area contributed by atoms with Gasteiger partial charge in [-0.2, -0.15) is 0 Å². The van der Waals surface area contributed by atoms with Crippen LogP contribution < -0.4 is 5.32 Å². The molecule has 9 nitrogen and oxygen atoms in total. The van der Waals surface area contributed by atoms with Crippen molar-refractivity contribution < 1.29 is 33.7 Å². The number of nitrogens with zero attached hydrogens (tertiary/aromatic N) is 1. The Morgan fingerprint density at radius 2 is 1.77 bits per heavy atom. The maximum Gasteiger partial charge on any atom is 0.343 e. The topological polar surface area (TPSA) is 124 Å². The number of dihydropyridines is 1. The summed E-state index contributed by atoms with van der Waals surface area (Å²) in [6.07, 6.45) is 0.855. The van der Waals surface area contributed by atoms with Crippen molar-refractivity contribution in [3.63, 3.8) is 0 Å². The van der Waals surface area contributed by atoms with Gasteiger partial charge in [0.15, 0.2) is 0 Å². The number of esters is 3. The molecule has 1 unspecified atom stereocenters. The number of hydrogen-bond donors (Lipinski definition) is 2. The molecule has 2 rings (SSSR count). The fourth-order valence-electron chi connectivity index (χ4n) is 3.68. The molecule has 0 spiro atoms. The molecule has 188 valence electrons. The van der Waals surface area contributed by atoms with Gasteiger partial charge < -0.3 is 24.6 Å². The fourth-order valence-corrected chi connectivity index (χ4v) is 3.68. The van der Waals surface area contributed by atoms with Crippen molar-refractivity contribution in [1.29, 1.82) is 0 Å². The van der Waals surface area contributed by atoms with E-state index in [1.807, 2.05) is 0 Å². The van der Waals surface area contributed by atoms with E-state index in [0.29, 0.717) is 22.6 Å². The van der Waals surface area contributed by atoms with Crippen LogP contribution in [0.15, 0.2) is 63.1 Å². The van der Waals surface area contributed by atoms with E-state index in [1.165, 1.54) is 20.2 Å². The van der Waals surface area contributed by atoms with Crippen molar-refractivity contribution in [2.45, 2.75) is 53.6 Å². The van der Waals surface area contributed by atoms with Gasteiger partial charge in [0.05, 0.1) is 42.6 Å². The number of rotatable bonds is 8. The lowest BCUT2D eigenvalue weighted by Gasteiger charge is -2.30. The Hall–Kier alpha value is -3.88. The maximum absolute atomic E-state index is 12.9. The number of hydrogen-bond acceptors (Lipinski definition) is 9. The van der Waals surface area contributed by atoms with E-state index in [9.17, 15) is 19.5 Å². The van der Waals surface area contributed by atoms with Crippen LogP contribution in [-0.4, -0.2) is 49.0 Å². The van der Waals surface area contributed by atoms with Crippen molar-refractivity contribution in [1.82, 2.24) is 5.32 Å². The zero-order chi connectivity index (χ0) is 26.3. The van der Waals surface area contributed by atoms with Crippen LogP contribution in [0.1, 0.15) is 53.0 Å². The van der Waals surface area contributed by atoms with E-state index in [1.54, 1.807) is 58.9 Å². The number of aliphatic imine (C=N–C) groups is 1. The van der Waals surface area contributed by atoms with Gasteiger partial charge in [0.25, 0.3) is 0 Å². The van der Waals surface area contributed by atoms with Crippen LogP contribution in [0.3, 0.4) is 0 Å². The van der Waals surface area contributed by atoms with Crippen molar-refractivity contribution in [3.8, 4) is 0 Å². The quantitative estimate of drug-likeness (QED) is 0.185. The van der Waals surface area contributed by atoms with Crippen molar-refractivity contribution in [3.05, 3.63) is 63.7 Å². The summed E-state index contributed by atoms with van der Waals surface area (Å²) in [6.45, 7) is 10.1. The molecule has 0 aliphatic carbocycles. The van der Waals surface area contributed by atoms with Gasteiger partial charge in [-0.25, -0.2) is 14.4 Å². The van der Waals surface area contributed by atoms with Gasteiger partial charge >= 0.3 is 17.9 Å². The van der Waals surface area contributed by atoms with Gasteiger partial charge in [0.1, 0.15) is 11.3 Å². The lowest BCUT2D eigenvalue weighted by Crippen LogP contribution is -2.32. The molecule has 1 atom stereocenters. The van der Waals surface area contributed by atoms with E-state index in [4.69, 9.17) is 14.2 Å². The van der Waals surface area contributed by atoms with Crippen molar-refractivity contribution >= 4 is 29.8 Å². The SMILES string of the molecule is CCOC(=O)C1=C(C)NC(C)=C(C(=O)OC)C1c1cccc(N=C/C(C(=O)OC(C)C)=C(/C)O)c1. The van der Waals surface area contributed by atoms with Crippen LogP contribution >= 0.6 is 0 Å². The zero-order valence-electron chi connectivity index (χ0n) is 21.1. The van der Waals surface area contributed by atoms with Gasteiger partial charge in [-0.3, -0.25) is 4.99 Å². The van der Waals surface area contributed by atoms with E-state index >= 15 is 0 Å². The molecule has 1 aliphatic heterocycles. The fraction of sp³-hybridized carbons (Fsp3) is 0.385. The standard InChI is InChI=1S/C26H32N2O7/c1-8-34-26(32)22-16(5)28-15(4)21(25(31)33-7)23(22)18-10-9-11-19(12-18)27-13-20(17(6)29)24(30)35-14(2)3/h9-14,23,28-29H,8H2,1-7H3/b20-17+,27-13?.